The first-order valence-electron chi connectivity index (χ1n) is 7.60. The highest BCUT2D eigenvalue weighted by atomic mass is 35.5. The van der Waals surface area contributed by atoms with Gasteiger partial charge in [-0.2, -0.15) is 0 Å². The summed E-state index contributed by atoms with van der Waals surface area (Å²) in [4.78, 5) is 2.48. The van der Waals surface area contributed by atoms with Crippen LogP contribution in [0.1, 0.15) is 30.9 Å². The van der Waals surface area contributed by atoms with Crippen molar-refractivity contribution in [3.05, 3.63) is 33.8 Å². The number of halogens is 2. The SMILES string of the molecule is CNC(CCN1CCC(CCO)C1)c1cccc(Cl)c1Cl. The molecule has 1 heterocycles. The van der Waals surface area contributed by atoms with Crippen molar-refractivity contribution in [3.8, 4) is 0 Å². The summed E-state index contributed by atoms with van der Waals surface area (Å²) >= 11 is 12.4. The van der Waals surface area contributed by atoms with E-state index in [9.17, 15) is 0 Å². The van der Waals surface area contributed by atoms with Crippen LogP contribution in [-0.4, -0.2) is 43.3 Å². The Morgan fingerprint density at radius 2 is 2.24 bits per heavy atom. The van der Waals surface area contributed by atoms with E-state index >= 15 is 0 Å². The number of rotatable bonds is 7. The van der Waals surface area contributed by atoms with E-state index in [1.807, 2.05) is 25.2 Å². The van der Waals surface area contributed by atoms with Gasteiger partial charge < -0.3 is 15.3 Å². The topological polar surface area (TPSA) is 35.5 Å². The average Bonchev–Trinajstić information content (AvgIpc) is 2.92. The van der Waals surface area contributed by atoms with Gasteiger partial charge in [-0.25, -0.2) is 0 Å². The van der Waals surface area contributed by atoms with E-state index < -0.39 is 0 Å². The fourth-order valence-electron chi connectivity index (χ4n) is 3.09. The molecule has 0 amide bonds. The lowest BCUT2D eigenvalue weighted by molar-refractivity contribution is 0.248. The lowest BCUT2D eigenvalue weighted by atomic mass is 10.0. The molecule has 2 rings (SSSR count). The molecule has 0 saturated carbocycles. The molecule has 2 N–H and O–H groups in total. The Morgan fingerprint density at radius 1 is 1.43 bits per heavy atom. The number of benzene rings is 1. The lowest BCUT2D eigenvalue weighted by Gasteiger charge is -2.22. The third-order valence-electron chi connectivity index (χ3n) is 4.35. The monoisotopic (exact) mass is 330 g/mol. The van der Waals surface area contributed by atoms with Gasteiger partial charge in [0, 0.05) is 19.2 Å². The first kappa shape index (κ1) is 17.0. The summed E-state index contributed by atoms with van der Waals surface area (Å²) in [7, 11) is 1.96. The quantitative estimate of drug-likeness (QED) is 0.804. The number of aliphatic hydroxyl groups excluding tert-OH is 1. The highest BCUT2D eigenvalue weighted by molar-refractivity contribution is 6.42. The van der Waals surface area contributed by atoms with Crippen molar-refractivity contribution in [1.29, 1.82) is 0 Å². The smallest absolute Gasteiger partial charge is 0.0640 e. The van der Waals surface area contributed by atoms with Crippen LogP contribution in [0.15, 0.2) is 18.2 Å². The van der Waals surface area contributed by atoms with Crippen molar-refractivity contribution in [1.82, 2.24) is 10.2 Å². The summed E-state index contributed by atoms with van der Waals surface area (Å²) < 4.78 is 0. The zero-order valence-corrected chi connectivity index (χ0v) is 14.0. The molecule has 0 radical (unpaired) electrons. The molecular formula is C16H24Cl2N2O. The van der Waals surface area contributed by atoms with E-state index in [0.717, 1.165) is 38.0 Å². The lowest BCUT2D eigenvalue weighted by Crippen LogP contribution is -2.27. The highest BCUT2D eigenvalue weighted by Crippen LogP contribution is 2.31. The van der Waals surface area contributed by atoms with Crippen LogP contribution in [0.3, 0.4) is 0 Å². The number of aliphatic hydroxyl groups is 1. The molecule has 2 unspecified atom stereocenters. The maximum absolute atomic E-state index is 9.02. The van der Waals surface area contributed by atoms with Gasteiger partial charge in [0.05, 0.1) is 10.0 Å². The van der Waals surface area contributed by atoms with Crippen LogP contribution in [0.4, 0.5) is 0 Å². The minimum Gasteiger partial charge on any atom is -0.396 e. The van der Waals surface area contributed by atoms with Gasteiger partial charge in [-0.1, -0.05) is 35.3 Å². The van der Waals surface area contributed by atoms with Crippen molar-refractivity contribution < 1.29 is 5.11 Å². The molecule has 1 aliphatic heterocycles. The van der Waals surface area contributed by atoms with Crippen molar-refractivity contribution in [2.75, 3.05) is 33.3 Å². The molecule has 1 aromatic rings. The Balaban J connectivity index is 1.90. The minimum atomic E-state index is 0.216. The van der Waals surface area contributed by atoms with E-state index in [1.54, 1.807) is 0 Å². The van der Waals surface area contributed by atoms with Crippen LogP contribution in [0.5, 0.6) is 0 Å². The summed E-state index contributed by atoms with van der Waals surface area (Å²) in [5.74, 6) is 0.651. The molecule has 5 heteroatoms. The molecule has 21 heavy (non-hydrogen) atoms. The predicted molar refractivity (Wildman–Crippen MR) is 89.1 cm³/mol. The number of nitrogens with one attached hydrogen (secondary N) is 1. The van der Waals surface area contributed by atoms with Crippen LogP contribution in [-0.2, 0) is 0 Å². The molecule has 0 bridgehead atoms. The van der Waals surface area contributed by atoms with E-state index in [-0.39, 0.29) is 6.04 Å². The third kappa shape index (κ3) is 4.57. The molecule has 1 fully saturated rings. The third-order valence-corrected chi connectivity index (χ3v) is 5.18. The standard InChI is InChI=1S/C16H24Cl2N2O/c1-19-15(13-3-2-4-14(17)16(13)18)6-9-20-8-5-12(11-20)7-10-21/h2-4,12,15,19,21H,5-11H2,1H3. The first-order valence-corrected chi connectivity index (χ1v) is 8.35. The molecule has 118 valence electrons. The van der Waals surface area contributed by atoms with Gasteiger partial charge in [-0.05, 0) is 56.9 Å². The van der Waals surface area contributed by atoms with Crippen molar-refractivity contribution in [3.63, 3.8) is 0 Å². The summed E-state index contributed by atoms with van der Waals surface area (Å²) in [6.07, 6.45) is 3.12. The van der Waals surface area contributed by atoms with Gasteiger partial charge in [0.25, 0.3) is 0 Å². The Labute approximate surface area is 137 Å². The van der Waals surface area contributed by atoms with Crippen LogP contribution >= 0.6 is 23.2 Å². The van der Waals surface area contributed by atoms with Gasteiger partial charge in [0.1, 0.15) is 0 Å². The molecular weight excluding hydrogens is 307 g/mol. The maximum Gasteiger partial charge on any atom is 0.0640 e. The first-order chi connectivity index (χ1) is 10.2. The fourth-order valence-corrected chi connectivity index (χ4v) is 3.53. The molecule has 0 spiro atoms. The molecule has 0 aromatic heterocycles. The van der Waals surface area contributed by atoms with Crippen LogP contribution in [0.25, 0.3) is 0 Å². The zero-order chi connectivity index (χ0) is 15.2. The normalized spacial score (nSPS) is 20.9. The molecule has 2 atom stereocenters. The molecule has 1 saturated heterocycles. The number of hydrogen-bond donors (Lipinski definition) is 2. The van der Waals surface area contributed by atoms with Crippen LogP contribution < -0.4 is 5.32 Å². The van der Waals surface area contributed by atoms with Gasteiger partial charge in [-0.3, -0.25) is 0 Å². The zero-order valence-electron chi connectivity index (χ0n) is 12.5. The second-order valence-corrected chi connectivity index (χ2v) is 6.53. The van der Waals surface area contributed by atoms with Crippen LogP contribution in [0, 0.1) is 5.92 Å². The number of nitrogens with zero attached hydrogens (tertiary/aromatic N) is 1. The highest BCUT2D eigenvalue weighted by Gasteiger charge is 2.23. The largest absolute Gasteiger partial charge is 0.396 e. The average molecular weight is 331 g/mol. The van der Waals surface area contributed by atoms with E-state index in [2.05, 4.69) is 10.2 Å². The van der Waals surface area contributed by atoms with E-state index in [4.69, 9.17) is 28.3 Å². The summed E-state index contributed by atoms with van der Waals surface area (Å²) in [5.41, 5.74) is 1.07. The molecule has 1 aliphatic rings. The molecule has 1 aromatic carbocycles. The van der Waals surface area contributed by atoms with Gasteiger partial charge in [0.2, 0.25) is 0 Å². The summed E-state index contributed by atoms with van der Waals surface area (Å²) in [6, 6.07) is 6.02. The molecule has 3 nitrogen and oxygen atoms in total. The predicted octanol–water partition coefficient (Wildman–Crippen LogP) is 3.35. The summed E-state index contributed by atoms with van der Waals surface area (Å²) in [6.45, 7) is 3.57. The Kier molecular flexibility index (Phi) is 6.77. The van der Waals surface area contributed by atoms with Crippen LogP contribution in [0.2, 0.25) is 10.0 Å². The van der Waals surface area contributed by atoms with Crippen molar-refractivity contribution >= 4 is 23.2 Å². The summed E-state index contributed by atoms with van der Waals surface area (Å²) in [5, 5.41) is 13.6. The second kappa shape index (κ2) is 8.35. The van der Waals surface area contributed by atoms with E-state index in [0.29, 0.717) is 22.6 Å². The maximum atomic E-state index is 9.02. The fraction of sp³-hybridized carbons (Fsp3) is 0.625. The Bertz CT molecular complexity index is 456. The number of likely N-dealkylation sites (tertiary alicyclic amines) is 1. The van der Waals surface area contributed by atoms with Crippen molar-refractivity contribution in [2.24, 2.45) is 5.92 Å². The Hall–Kier alpha value is -0.320. The van der Waals surface area contributed by atoms with Gasteiger partial charge >= 0.3 is 0 Å². The van der Waals surface area contributed by atoms with Gasteiger partial charge in [0.15, 0.2) is 0 Å². The van der Waals surface area contributed by atoms with Crippen molar-refractivity contribution in [2.45, 2.75) is 25.3 Å². The second-order valence-electron chi connectivity index (χ2n) is 5.74. The Morgan fingerprint density at radius 3 is 2.95 bits per heavy atom. The van der Waals surface area contributed by atoms with Gasteiger partial charge in [-0.15, -0.1) is 0 Å². The number of hydrogen-bond acceptors (Lipinski definition) is 3. The minimum absolute atomic E-state index is 0.216. The van der Waals surface area contributed by atoms with E-state index in [1.165, 1.54) is 6.42 Å². The molecule has 0 aliphatic carbocycles.